The van der Waals surface area contributed by atoms with Gasteiger partial charge >= 0.3 is 0 Å². The fraction of sp³-hybridized carbons (Fsp3) is 0.417. The lowest BCUT2D eigenvalue weighted by Crippen LogP contribution is -2.43. The van der Waals surface area contributed by atoms with Crippen molar-refractivity contribution in [2.24, 2.45) is 5.73 Å². The number of nitrogens with two attached hydrogens (primary N) is 1. The molecule has 0 radical (unpaired) electrons. The molecule has 0 aliphatic carbocycles. The Labute approximate surface area is 99.6 Å². The van der Waals surface area contributed by atoms with Crippen molar-refractivity contribution in [1.29, 1.82) is 0 Å². The molecule has 0 bridgehead atoms. The van der Waals surface area contributed by atoms with Crippen molar-refractivity contribution in [3.63, 3.8) is 0 Å². The molecule has 0 spiro atoms. The van der Waals surface area contributed by atoms with Gasteiger partial charge in [0.05, 0.1) is 11.7 Å². The van der Waals surface area contributed by atoms with Gasteiger partial charge in [-0.1, -0.05) is 11.6 Å². The van der Waals surface area contributed by atoms with Crippen LogP contribution in [0, 0.1) is 12.7 Å². The Balaban J connectivity index is 2.67. The molecule has 17 heavy (non-hydrogen) atoms. The second-order valence-electron chi connectivity index (χ2n) is 4.10. The van der Waals surface area contributed by atoms with E-state index in [1.54, 1.807) is 13.0 Å². The van der Waals surface area contributed by atoms with Gasteiger partial charge in [0.25, 0.3) is 5.91 Å². The van der Waals surface area contributed by atoms with E-state index < -0.39 is 23.9 Å². The van der Waals surface area contributed by atoms with Gasteiger partial charge in [0.15, 0.2) is 0 Å². The first-order valence-corrected chi connectivity index (χ1v) is 5.40. The predicted molar refractivity (Wildman–Crippen MR) is 63.1 cm³/mol. The molecule has 5 heteroatoms. The number of hydrogen-bond acceptors (Lipinski definition) is 3. The lowest BCUT2D eigenvalue weighted by atomic mass is 10.1. The first kappa shape index (κ1) is 13.6. The number of amides is 1. The van der Waals surface area contributed by atoms with Crippen LogP contribution in [0.25, 0.3) is 0 Å². The molecule has 2 atom stereocenters. The number of hydrogen-bond donors (Lipinski definition) is 3. The largest absolute Gasteiger partial charge is 0.392 e. The van der Waals surface area contributed by atoms with Gasteiger partial charge in [-0.05, 0) is 26.0 Å². The summed E-state index contributed by atoms with van der Waals surface area (Å²) in [5.74, 6) is -1.10. The highest BCUT2D eigenvalue weighted by Gasteiger charge is 2.14. The topological polar surface area (TPSA) is 75.4 Å². The number of benzene rings is 1. The molecule has 1 aromatic carbocycles. The lowest BCUT2D eigenvalue weighted by molar-refractivity contribution is 0.0933. The van der Waals surface area contributed by atoms with E-state index in [9.17, 15) is 9.18 Å². The zero-order valence-corrected chi connectivity index (χ0v) is 9.90. The van der Waals surface area contributed by atoms with E-state index in [2.05, 4.69) is 5.32 Å². The maximum absolute atomic E-state index is 13.4. The quantitative estimate of drug-likeness (QED) is 0.720. The molecule has 0 saturated carbocycles. The summed E-state index contributed by atoms with van der Waals surface area (Å²) in [7, 11) is 0. The van der Waals surface area contributed by atoms with Crippen molar-refractivity contribution in [3.8, 4) is 0 Å². The molecular weight excluding hydrogens is 223 g/mol. The van der Waals surface area contributed by atoms with E-state index in [0.717, 1.165) is 5.56 Å². The van der Waals surface area contributed by atoms with E-state index in [1.807, 2.05) is 0 Å². The third-order valence-electron chi connectivity index (χ3n) is 2.48. The predicted octanol–water partition coefficient (Wildman–Crippen LogP) is 0.572. The zero-order valence-electron chi connectivity index (χ0n) is 9.90. The number of aryl methyl sites for hydroxylation is 1. The second kappa shape index (κ2) is 5.75. The molecule has 1 rings (SSSR count). The Hall–Kier alpha value is -1.46. The molecule has 4 nitrogen and oxygen atoms in total. The minimum atomic E-state index is -0.724. The molecule has 0 aliphatic rings. The third-order valence-corrected chi connectivity index (χ3v) is 2.48. The van der Waals surface area contributed by atoms with E-state index in [0.29, 0.717) is 0 Å². The summed E-state index contributed by atoms with van der Waals surface area (Å²) in [5.41, 5.74) is 6.34. The number of carbonyl (C=O) groups excluding carboxylic acids is 1. The summed E-state index contributed by atoms with van der Waals surface area (Å²) in [6.07, 6.45) is -0.724. The van der Waals surface area contributed by atoms with Crippen LogP contribution in [0.3, 0.4) is 0 Å². The van der Waals surface area contributed by atoms with Crippen LogP contribution in [-0.4, -0.2) is 29.7 Å². The summed E-state index contributed by atoms with van der Waals surface area (Å²) in [6.45, 7) is 3.41. The Morgan fingerprint density at radius 1 is 1.59 bits per heavy atom. The van der Waals surface area contributed by atoms with Gasteiger partial charge in [0.1, 0.15) is 5.82 Å². The van der Waals surface area contributed by atoms with Crippen LogP contribution in [0.2, 0.25) is 0 Å². The van der Waals surface area contributed by atoms with E-state index in [4.69, 9.17) is 10.8 Å². The highest BCUT2D eigenvalue weighted by atomic mass is 19.1. The Kier molecular flexibility index (Phi) is 4.60. The monoisotopic (exact) mass is 240 g/mol. The number of halogens is 1. The molecule has 1 amide bonds. The van der Waals surface area contributed by atoms with Crippen LogP contribution < -0.4 is 11.1 Å². The summed E-state index contributed by atoms with van der Waals surface area (Å²) in [4.78, 5) is 11.7. The lowest BCUT2D eigenvalue weighted by Gasteiger charge is -2.15. The van der Waals surface area contributed by atoms with Crippen LogP contribution in [-0.2, 0) is 0 Å². The van der Waals surface area contributed by atoms with Gasteiger partial charge in [-0.25, -0.2) is 4.39 Å². The maximum atomic E-state index is 13.4. The SMILES string of the molecule is Cc1ccc(F)c(C(=O)NCC(N)C(C)O)c1. The number of rotatable bonds is 4. The van der Waals surface area contributed by atoms with Crippen molar-refractivity contribution in [2.75, 3.05) is 6.54 Å². The van der Waals surface area contributed by atoms with Crippen LogP contribution in [0.4, 0.5) is 4.39 Å². The summed E-state index contributed by atoms with van der Waals surface area (Å²) >= 11 is 0. The van der Waals surface area contributed by atoms with E-state index >= 15 is 0 Å². The molecule has 2 unspecified atom stereocenters. The molecule has 0 fully saturated rings. The van der Waals surface area contributed by atoms with E-state index in [-0.39, 0.29) is 12.1 Å². The zero-order chi connectivity index (χ0) is 13.0. The van der Waals surface area contributed by atoms with Gasteiger partial charge < -0.3 is 16.2 Å². The van der Waals surface area contributed by atoms with Crippen molar-refractivity contribution in [2.45, 2.75) is 26.0 Å². The van der Waals surface area contributed by atoms with E-state index in [1.165, 1.54) is 19.1 Å². The van der Waals surface area contributed by atoms with Crippen molar-refractivity contribution >= 4 is 5.91 Å². The number of aliphatic hydroxyl groups excluding tert-OH is 1. The molecule has 0 aliphatic heterocycles. The Bertz CT molecular complexity index is 407. The number of nitrogens with one attached hydrogen (secondary N) is 1. The maximum Gasteiger partial charge on any atom is 0.254 e. The number of carbonyl (C=O) groups is 1. The van der Waals surface area contributed by atoms with Crippen LogP contribution in [0.1, 0.15) is 22.8 Å². The summed E-state index contributed by atoms with van der Waals surface area (Å²) in [5, 5.41) is 11.6. The van der Waals surface area contributed by atoms with Gasteiger partial charge in [-0.15, -0.1) is 0 Å². The Morgan fingerprint density at radius 3 is 2.82 bits per heavy atom. The first-order valence-electron chi connectivity index (χ1n) is 5.40. The minimum absolute atomic E-state index is 0.0113. The van der Waals surface area contributed by atoms with Crippen LogP contribution in [0.5, 0.6) is 0 Å². The minimum Gasteiger partial charge on any atom is -0.392 e. The molecule has 0 aromatic heterocycles. The summed E-state index contributed by atoms with van der Waals surface area (Å²) in [6, 6.07) is 3.75. The smallest absolute Gasteiger partial charge is 0.254 e. The molecule has 4 N–H and O–H groups in total. The average Bonchev–Trinajstić information content (AvgIpc) is 2.28. The fourth-order valence-electron chi connectivity index (χ4n) is 1.29. The third kappa shape index (κ3) is 3.80. The van der Waals surface area contributed by atoms with Gasteiger partial charge in [0, 0.05) is 12.6 Å². The van der Waals surface area contributed by atoms with Crippen LogP contribution >= 0.6 is 0 Å². The standard InChI is InChI=1S/C12H17FN2O2/c1-7-3-4-10(13)9(5-7)12(17)15-6-11(14)8(2)16/h3-5,8,11,16H,6,14H2,1-2H3,(H,15,17). The molecule has 94 valence electrons. The normalized spacial score (nSPS) is 14.2. The molecule has 0 heterocycles. The van der Waals surface area contributed by atoms with Crippen molar-refractivity contribution in [1.82, 2.24) is 5.32 Å². The van der Waals surface area contributed by atoms with Gasteiger partial charge in [-0.3, -0.25) is 4.79 Å². The van der Waals surface area contributed by atoms with Gasteiger partial charge in [-0.2, -0.15) is 0 Å². The summed E-state index contributed by atoms with van der Waals surface area (Å²) < 4.78 is 13.4. The van der Waals surface area contributed by atoms with Crippen LogP contribution in [0.15, 0.2) is 18.2 Å². The van der Waals surface area contributed by atoms with Gasteiger partial charge in [0.2, 0.25) is 0 Å². The van der Waals surface area contributed by atoms with Crippen molar-refractivity contribution < 1.29 is 14.3 Å². The average molecular weight is 240 g/mol. The Morgan fingerprint density at radius 2 is 2.24 bits per heavy atom. The fourth-order valence-corrected chi connectivity index (χ4v) is 1.29. The first-order chi connectivity index (χ1) is 7.91. The van der Waals surface area contributed by atoms with Crippen molar-refractivity contribution in [3.05, 3.63) is 35.1 Å². The number of aliphatic hydroxyl groups is 1. The highest BCUT2D eigenvalue weighted by molar-refractivity contribution is 5.94. The second-order valence-corrected chi connectivity index (χ2v) is 4.10. The molecular formula is C12H17FN2O2. The highest BCUT2D eigenvalue weighted by Crippen LogP contribution is 2.09. The molecule has 1 aromatic rings. The molecule has 0 saturated heterocycles.